The van der Waals surface area contributed by atoms with Crippen LogP contribution in [0, 0.1) is 6.92 Å². The molecule has 2 aromatic carbocycles. The number of unbranched alkanes of at least 4 members (excludes halogenated alkanes) is 7. The van der Waals surface area contributed by atoms with Crippen LogP contribution in [0.3, 0.4) is 0 Å². The predicted octanol–water partition coefficient (Wildman–Crippen LogP) is 6.67. The van der Waals surface area contributed by atoms with Crippen molar-refractivity contribution in [2.24, 2.45) is 5.10 Å². The van der Waals surface area contributed by atoms with E-state index < -0.39 is 0 Å². The van der Waals surface area contributed by atoms with Gasteiger partial charge in [-0.15, -0.1) is 0 Å². The molecule has 0 aliphatic heterocycles. The molecule has 0 aliphatic carbocycles. The Morgan fingerprint density at radius 1 is 0.833 bits per heavy atom. The molecule has 0 bridgehead atoms. The summed E-state index contributed by atoms with van der Waals surface area (Å²) in [7, 11) is 0. The zero-order valence-corrected chi connectivity index (χ0v) is 18.7. The topological polar surface area (TPSA) is 50.7 Å². The molecular formula is C26H36N2O2. The number of nitrogens with zero attached hydrogens (tertiary/aromatic N) is 1. The maximum atomic E-state index is 12.3. The number of ether oxygens (including phenoxy) is 1. The number of rotatable bonds is 13. The van der Waals surface area contributed by atoms with E-state index in [-0.39, 0.29) is 5.91 Å². The molecule has 2 aromatic rings. The van der Waals surface area contributed by atoms with Gasteiger partial charge in [-0.1, -0.05) is 81.7 Å². The van der Waals surface area contributed by atoms with Crippen LogP contribution >= 0.6 is 0 Å². The molecule has 162 valence electrons. The monoisotopic (exact) mass is 408 g/mol. The molecule has 0 unspecified atom stereocenters. The van der Waals surface area contributed by atoms with Crippen LogP contribution in [0.4, 0.5) is 0 Å². The summed E-state index contributed by atoms with van der Waals surface area (Å²) in [4.78, 5) is 12.3. The van der Waals surface area contributed by atoms with Crippen molar-refractivity contribution in [2.75, 3.05) is 6.61 Å². The van der Waals surface area contributed by atoms with Gasteiger partial charge in [-0.2, -0.15) is 5.10 Å². The first kappa shape index (κ1) is 23.7. The van der Waals surface area contributed by atoms with Crippen molar-refractivity contribution >= 4 is 11.6 Å². The lowest BCUT2D eigenvalue weighted by Gasteiger charge is -2.07. The minimum absolute atomic E-state index is 0.226. The number of carbonyl (C=O) groups excluding carboxylic acids is 1. The highest BCUT2D eigenvalue weighted by molar-refractivity contribution is 6.00. The van der Waals surface area contributed by atoms with Crippen LogP contribution in [0.5, 0.6) is 5.75 Å². The van der Waals surface area contributed by atoms with Gasteiger partial charge in [0.1, 0.15) is 5.75 Å². The van der Waals surface area contributed by atoms with Crippen LogP contribution in [0.1, 0.15) is 86.7 Å². The standard InChI is InChI=1S/C26H36N2O2/c1-4-5-6-7-8-9-10-11-20-30-25-18-16-24(17-19-25)26(29)28-27-22(3)23-14-12-21(2)13-15-23/h12-19H,4-11,20H2,1-3H3,(H,28,29). The van der Waals surface area contributed by atoms with Crippen LogP contribution < -0.4 is 10.2 Å². The molecule has 0 aliphatic rings. The molecule has 0 saturated carbocycles. The maximum Gasteiger partial charge on any atom is 0.271 e. The van der Waals surface area contributed by atoms with Crippen LogP contribution in [0.25, 0.3) is 0 Å². The summed E-state index contributed by atoms with van der Waals surface area (Å²) < 4.78 is 5.79. The molecule has 4 nitrogen and oxygen atoms in total. The van der Waals surface area contributed by atoms with Crippen LogP contribution in [-0.2, 0) is 0 Å². The van der Waals surface area contributed by atoms with Crippen molar-refractivity contribution in [3.63, 3.8) is 0 Å². The van der Waals surface area contributed by atoms with Gasteiger partial charge in [-0.05, 0) is 50.1 Å². The number of amides is 1. The molecule has 30 heavy (non-hydrogen) atoms. The first-order valence-electron chi connectivity index (χ1n) is 11.2. The van der Waals surface area contributed by atoms with Crippen molar-refractivity contribution < 1.29 is 9.53 Å². The Balaban J connectivity index is 1.68. The van der Waals surface area contributed by atoms with Crippen molar-refractivity contribution in [3.05, 3.63) is 65.2 Å². The second-order valence-electron chi connectivity index (χ2n) is 7.85. The summed E-state index contributed by atoms with van der Waals surface area (Å²) in [5.74, 6) is 0.574. The summed E-state index contributed by atoms with van der Waals surface area (Å²) in [6.07, 6.45) is 10.3. The summed E-state index contributed by atoms with van der Waals surface area (Å²) in [6.45, 7) is 6.90. The fourth-order valence-corrected chi connectivity index (χ4v) is 3.19. The van der Waals surface area contributed by atoms with E-state index in [9.17, 15) is 4.79 Å². The van der Waals surface area contributed by atoms with Gasteiger partial charge in [-0.3, -0.25) is 4.79 Å². The molecule has 0 fully saturated rings. The van der Waals surface area contributed by atoms with Gasteiger partial charge in [0.25, 0.3) is 5.91 Å². The Labute approximate surface area is 181 Å². The van der Waals surface area contributed by atoms with E-state index in [0.717, 1.165) is 30.1 Å². The third-order valence-electron chi connectivity index (χ3n) is 5.18. The number of aryl methyl sites for hydroxylation is 1. The minimum Gasteiger partial charge on any atom is -0.494 e. The van der Waals surface area contributed by atoms with Crippen molar-refractivity contribution in [1.29, 1.82) is 0 Å². The smallest absolute Gasteiger partial charge is 0.271 e. The lowest BCUT2D eigenvalue weighted by Crippen LogP contribution is -2.19. The summed E-state index contributed by atoms with van der Waals surface area (Å²) in [5, 5.41) is 4.21. The van der Waals surface area contributed by atoms with E-state index in [1.54, 1.807) is 12.1 Å². The molecule has 0 radical (unpaired) electrons. The molecule has 4 heteroatoms. The average Bonchev–Trinajstić information content (AvgIpc) is 2.77. The number of nitrogens with one attached hydrogen (secondary N) is 1. The highest BCUT2D eigenvalue weighted by Gasteiger charge is 2.05. The molecule has 2 rings (SSSR count). The number of hydrazone groups is 1. The lowest BCUT2D eigenvalue weighted by molar-refractivity contribution is 0.0955. The molecule has 0 heterocycles. The number of benzene rings is 2. The van der Waals surface area contributed by atoms with E-state index in [4.69, 9.17) is 4.74 Å². The summed E-state index contributed by atoms with van der Waals surface area (Å²) in [5.41, 5.74) is 6.15. The first-order chi connectivity index (χ1) is 14.6. The van der Waals surface area contributed by atoms with E-state index in [0.29, 0.717) is 5.56 Å². The Bertz CT molecular complexity index is 780. The van der Waals surface area contributed by atoms with Gasteiger partial charge in [0.05, 0.1) is 12.3 Å². The molecule has 1 amide bonds. The molecule has 1 N–H and O–H groups in total. The van der Waals surface area contributed by atoms with E-state index in [2.05, 4.69) is 17.5 Å². The minimum atomic E-state index is -0.226. The Kier molecular flexibility index (Phi) is 10.7. The second kappa shape index (κ2) is 13.6. The Morgan fingerprint density at radius 3 is 2.03 bits per heavy atom. The number of carbonyl (C=O) groups is 1. The fourth-order valence-electron chi connectivity index (χ4n) is 3.19. The zero-order chi connectivity index (χ0) is 21.6. The van der Waals surface area contributed by atoms with Crippen molar-refractivity contribution in [3.8, 4) is 5.75 Å². The van der Waals surface area contributed by atoms with Gasteiger partial charge < -0.3 is 4.74 Å². The predicted molar refractivity (Wildman–Crippen MR) is 125 cm³/mol. The first-order valence-corrected chi connectivity index (χ1v) is 11.2. The van der Waals surface area contributed by atoms with Crippen LogP contribution in [0.2, 0.25) is 0 Å². The molecule has 0 aromatic heterocycles. The van der Waals surface area contributed by atoms with Gasteiger partial charge in [-0.25, -0.2) is 5.43 Å². The highest BCUT2D eigenvalue weighted by Crippen LogP contribution is 2.14. The Hall–Kier alpha value is -2.62. The van der Waals surface area contributed by atoms with Crippen molar-refractivity contribution in [2.45, 2.75) is 72.1 Å². The SMILES string of the molecule is CCCCCCCCCCOc1ccc(C(=O)NN=C(C)c2ccc(C)cc2)cc1. The third-order valence-corrected chi connectivity index (χ3v) is 5.18. The fraction of sp³-hybridized carbons (Fsp3) is 0.462. The maximum absolute atomic E-state index is 12.3. The molecule has 0 atom stereocenters. The zero-order valence-electron chi connectivity index (χ0n) is 18.7. The summed E-state index contributed by atoms with van der Waals surface area (Å²) in [6, 6.07) is 15.3. The lowest BCUT2D eigenvalue weighted by atomic mass is 10.1. The third kappa shape index (κ3) is 8.81. The van der Waals surface area contributed by atoms with Gasteiger partial charge in [0.2, 0.25) is 0 Å². The number of hydrogen-bond donors (Lipinski definition) is 1. The largest absolute Gasteiger partial charge is 0.494 e. The van der Waals surface area contributed by atoms with E-state index in [1.165, 1.54) is 50.5 Å². The molecule has 0 spiro atoms. The molecular weight excluding hydrogens is 372 g/mol. The highest BCUT2D eigenvalue weighted by atomic mass is 16.5. The quantitative estimate of drug-likeness (QED) is 0.229. The Morgan fingerprint density at radius 2 is 1.40 bits per heavy atom. The summed E-state index contributed by atoms with van der Waals surface area (Å²) >= 11 is 0. The van der Waals surface area contributed by atoms with Crippen LogP contribution in [-0.4, -0.2) is 18.2 Å². The second-order valence-corrected chi connectivity index (χ2v) is 7.85. The van der Waals surface area contributed by atoms with Gasteiger partial charge in [0, 0.05) is 5.56 Å². The van der Waals surface area contributed by atoms with Crippen LogP contribution in [0.15, 0.2) is 53.6 Å². The molecule has 0 saturated heterocycles. The van der Waals surface area contributed by atoms with E-state index in [1.807, 2.05) is 50.2 Å². The number of hydrogen-bond acceptors (Lipinski definition) is 3. The van der Waals surface area contributed by atoms with Gasteiger partial charge in [0.15, 0.2) is 0 Å². The van der Waals surface area contributed by atoms with E-state index >= 15 is 0 Å². The normalized spacial score (nSPS) is 11.4. The van der Waals surface area contributed by atoms with Gasteiger partial charge >= 0.3 is 0 Å². The van der Waals surface area contributed by atoms with Crippen molar-refractivity contribution in [1.82, 2.24) is 5.43 Å². The average molecular weight is 409 g/mol.